The van der Waals surface area contributed by atoms with E-state index in [1.165, 1.54) is 5.56 Å². The van der Waals surface area contributed by atoms with E-state index in [-0.39, 0.29) is 5.91 Å². The van der Waals surface area contributed by atoms with Gasteiger partial charge in [-0.2, -0.15) is 0 Å². The Morgan fingerprint density at radius 2 is 1.54 bits per heavy atom. The SMILES string of the molecule is O=C(Nc1ccc(NCc2ccccc2)cc1)c1cccc(Cl)c1. The van der Waals surface area contributed by atoms with Crippen LogP contribution in [0.15, 0.2) is 78.9 Å². The molecular weight excluding hydrogens is 320 g/mol. The summed E-state index contributed by atoms with van der Waals surface area (Å²) in [6.45, 7) is 0.759. The van der Waals surface area contributed by atoms with Gasteiger partial charge in [-0.15, -0.1) is 0 Å². The van der Waals surface area contributed by atoms with Crippen LogP contribution >= 0.6 is 11.6 Å². The van der Waals surface area contributed by atoms with Gasteiger partial charge in [-0.3, -0.25) is 4.79 Å². The summed E-state index contributed by atoms with van der Waals surface area (Å²) in [5, 5.41) is 6.76. The first kappa shape index (κ1) is 16.1. The Kier molecular flexibility index (Phi) is 5.14. The molecule has 24 heavy (non-hydrogen) atoms. The smallest absolute Gasteiger partial charge is 0.255 e. The predicted molar refractivity (Wildman–Crippen MR) is 99.6 cm³/mol. The van der Waals surface area contributed by atoms with Gasteiger partial charge in [0, 0.05) is 28.5 Å². The van der Waals surface area contributed by atoms with E-state index in [0.29, 0.717) is 10.6 Å². The molecule has 4 heteroatoms. The molecule has 3 nitrogen and oxygen atoms in total. The van der Waals surface area contributed by atoms with Crippen molar-refractivity contribution in [1.29, 1.82) is 0 Å². The van der Waals surface area contributed by atoms with Gasteiger partial charge in [-0.1, -0.05) is 48.0 Å². The number of hydrogen-bond acceptors (Lipinski definition) is 2. The molecule has 0 spiro atoms. The average molecular weight is 337 g/mol. The molecule has 120 valence electrons. The quantitative estimate of drug-likeness (QED) is 0.672. The zero-order valence-electron chi connectivity index (χ0n) is 13.0. The molecule has 3 rings (SSSR count). The number of rotatable bonds is 5. The lowest BCUT2D eigenvalue weighted by Gasteiger charge is -2.09. The Morgan fingerprint density at radius 3 is 2.25 bits per heavy atom. The standard InChI is InChI=1S/C20H17ClN2O/c21-17-8-4-7-16(13-17)20(24)23-19-11-9-18(10-12-19)22-14-15-5-2-1-3-6-15/h1-13,22H,14H2,(H,23,24). The van der Waals surface area contributed by atoms with Crippen LogP contribution in [0, 0.1) is 0 Å². The van der Waals surface area contributed by atoms with Crippen LogP contribution in [0.4, 0.5) is 11.4 Å². The Labute approximate surface area is 146 Å². The number of benzene rings is 3. The Balaban J connectivity index is 1.59. The monoisotopic (exact) mass is 336 g/mol. The van der Waals surface area contributed by atoms with Crippen molar-refractivity contribution in [2.75, 3.05) is 10.6 Å². The molecule has 2 N–H and O–H groups in total. The van der Waals surface area contributed by atoms with Crippen molar-refractivity contribution in [3.05, 3.63) is 95.0 Å². The zero-order valence-corrected chi connectivity index (χ0v) is 13.8. The van der Waals surface area contributed by atoms with E-state index in [0.717, 1.165) is 17.9 Å². The third-order valence-electron chi connectivity index (χ3n) is 3.57. The van der Waals surface area contributed by atoms with E-state index >= 15 is 0 Å². The van der Waals surface area contributed by atoms with Crippen molar-refractivity contribution in [2.45, 2.75) is 6.54 Å². The van der Waals surface area contributed by atoms with Crippen molar-refractivity contribution in [3.63, 3.8) is 0 Å². The fourth-order valence-corrected chi connectivity index (χ4v) is 2.49. The summed E-state index contributed by atoms with van der Waals surface area (Å²) in [6, 6.07) is 24.7. The highest BCUT2D eigenvalue weighted by atomic mass is 35.5. The number of carbonyl (C=O) groups excluding carboxylic acids is 1. The molecule has 0 aliphatic rings. The molecule has 0 bridgehead atoms. The molecule has 0 saturated carbocycles. The maximum atomic E-state index is 12.2. The predicted octanol–water partition coefficient (Wildman–Crippen LogP) is 5.20. The van der Waals surface area contributed by atoms with Crippen LogP contribution in [0.5, 0.6) is 0 Å². The molecule has 0 fully saturated rings. The van der Waals surface area contributed by atoms with Gasteiger partial charge in [0.15, 0.2) is 0 Å². The minimum atomic E-state index is -0.178. The minimum Gasteiger partial charge on any atom is -0.381 e. The first-order chi connectivity index (χ1) is 11.7. The second kappa shape index (κ2) is 7.66. The van der Waals surface area contributed by atoms with Gasteiger partial charge in [0.05, 0.1) is 0 Å². The highest BCUT2D eigenvalue weighted by molar-refractivity contribution is 6.31. The van der Waals surface area contributed by atoms with Crippen molar-refractivity contribution >= 4 is 28.9 Å². The van der Waals surface area contributed by atoms with Gasteiger partial charge in [-0.05, 0) is 48.0 Å². The number of amides is 1. The molecule has 1 amide bonds. The molecule has 0 atom stereocenters. The minimum absolute atomic E-state index is 0.178. The lowest BCUT2D eigenvalue weighted by Crippen LogP contribution is -2.11. The summed E-state index contributed by atoms with van der Waals surface area (Å²) in [7, 11) is 0. The molecule has 0 saturated heterocycles. The number of nitrogens with one attached hydrogen (secondary N) is 2. The molecule has 0 heterocycles. The van der Waals surface area contributed by atoms with E-state index in [2.05, 4.69) is 22.8 Å². The molecule has 0 aliphatic heterocycles. The van der Waals surface area contributed by atoms with E-state index in [4.69, 9.17) is 11.6 Å². The van der Waals surface area contributed by atoms with E-state index in [1.807, 2.05) is 42.5 Å². The summed E-state index contributed by atoms with van der Waals surface area (Å²) in [5.41, 5.74) is 3.49. The van der Waals surface area contributed by atoms with Crippen LogP contribution in [0.25, 0.3) is 0 Å². The van der Waals surface area contributed by atoms with E-state index in [1.54, 1.807) is 24.3 Å². The highest BCUT2D eigenvalue weighted by Gasteiger charge is 2.06. The lowest BCUT2D eigenvalue weighted by molar-refractivity contribution is 0.102. The van der Waals surface area contributed by atoms with Crippen LogP contribution in [0.3, 0.4) is 0 Å². The highest BCUT2D eigenvalue weighted by Crippen LogP contribution is 2.17. The molecule has 0 unspecified atom stereocenters. The molecule has 3 aromatic rings. The van der Waals surface area contributed by atoms with Gasteiger partial charge in [0.25, 0.3) is 5.91 Å². The first-order valence-corrected chi connectivity index (χ1v) is 8.03. The van der Waals surface area contributed by atoms with Crippen molar-refractivity contribution in [1.82, 2.24) is 0 Å². The summed E-state index contributed by atoms with van der Waals surface area (Å²) >= 11 is 5.91. The topological polar surface area (TPSA) is 41.1 Å². The molecule has 0 aliphatic carbocycles. The third kappa shape index (κ3) is 4.37. The largest absolute Gasteiger partial charge is 0.381 e. The summed E-state index contributed by atoms with van der Waals surface area (Å²) in [4.78, 5) is 12.2. The summed E-state index contributed by atoms with van der Waals surface area (Å²) in [5.74, 6) is -0.178. The Bertz CT molecular complexity index is 817. The van der Waals surface area contributed by atoms with Crippen LogP contribution in [-0.4, -0.2) is 5.91 Å². The number of carbonyl (C=O) groups is 1. The fourth-order valence-electron chi connectivity index (χ4n) is 2.30. The summed E-state index contributed by atoms with van der Waals surface area (Å²) in [6.07, 6.45) is 0. The fraction of sp³-hybridized carbons (Fsp3) is 0.0500. The van der Waals surface area contributed by atoms with E-state index < -0.39 is 0 Å². The maximum absolute atomic E-state index is 12.2. The van der Waals surface area contributed by atoms with Gasteiger partial charge < -0.3 is 10.6 Å². The van der Waals surface area contributed by atoms with Gasteiger partial charge in [0.2, 0.25) is 0 Å². The number of hydrogen-bond donors (Lipinski definition) is 2. The van der Waals surface area contributed by atoms with Crippen molar-refractivity contribution in [3.8, 4) is 0 Å². The molecular formula is C20H17ClN2O. The lowest BCUT2D eigenvalue weighted by atomic mass is 10.2. The molecule has 0 aromatic heterocycles. The van der Waals surface area contributed by atoms with Crippen molar-refractivity contribution in [2.24, 2.45) is 0 Å². The maximum Gasteiger partial charge on any atom is 0.255 e. The summed E-state index contributed by atoms with van der Waals surface area (Å²) < 4.78 is 0. The number of anilines is 2. The second-order valence-electron chi connectivity index (χ2n) is 5.38. The van der Waals surface area contributed by atoms with Crippen LogP contribution in [-0.2, 0) is 6.54 Å². The third-order valence-corrected chi connectivity index (χ3v) is 3.80. The van der Waals surface area contributed by atoms with E-state index in [9.17, 15) is 4.79 Å². The van der Waals surface area contributed by atoms with Gasteiger partial charge in [-0.25, -0.2) is 0 Å². The Hall–Kier alpha value is -2.78. The Morgan fingerprint density at radius 1 is 0.833 bits per heavy atom. The average Bonchev–Trinajstić information content (AvgIpc) is 2.62. The molecule has 3 aromatic carbocycles. The zero-order chi connectivity index (χ0) is 16.8. The second-order valence-corrected chi connectivity index (χ2v) is 5.82. The van der Waals surface area contributed by atoms with Crippen LogP contribution < -0.4 is 10.6 Å². The number of halogens is 1. The first-order valence-electron chi connectivity index (χ1n) is 7.65. The van der Waals surface area contributed by atoms with Gasteiger partial charge in [0.1, 0.15) is 0 Å². The van der Waals surface area contributed by atoms with Crippen LogP contribution in [0.2, 0.25) is 5.02 Å². The normalized spacial score (nSPS) is 10.2. The van der Waals surface area contributed by atoms with Crippen LogP contribution in [0.1, 0.15) is 15.9 Å². The molecule has 0 radical (unpaired) electrons. The van der Waals surface area contributed by atoms with Crippen molar-refractivity contribution < 1.29 is 4.79 Å². The van der Waals surface area contributed by atoms with Gasteiger partial charge >= 0.3 is 0 Å².